The van der Waals surface area contributed by atoms with Crippen LogP contribution in [0.5, 0.6) is 5.75 Å². The summed E-state index contributed by atoms with van der Waals surface area (Å²) in [6, 6.07) is 4.02. The molecule has 0 aliphatic carbocycles. The summed E-state index contributed by atoms with van der Waals surface area (Å²) in [7, 11) is 1.64. The molecule has 2 N–H and O–H groups in total. The third kappa shape index (κ3) is 3.48. The van der Waals surface area contributed by atoms with Crippen molar-refractivity contribution in [2.75, 3.05) is 25.9 Å². The molecule has 0 fully saturated rings. The van der Waals surface area contributed by atoms with Crippen LogP contribution < -0.4 is 10.5 Å². The van der Waals surface area contributed by atoms with E-state index in [0.717, 1.165) is 36.9 Å². The third-order valence-electron chi connectivity index (χ3n) is 3.66. The molecule has 1 aromatic carbocycles. The standard InChI is InChI=1S/C15H23AsN2O2/c1-16(2)10-15(19)18-6-4-11-8-13(17)14(20-3)9-12(11)5-7-18/h8-9H,4-7,10,17H2,1-3H3. The summed E-state index contributed by atoms with van der Waals surface area (Å²) in [5.74, 6) is 1.06. The maximum atomic E-state index is 12.2. The quantitative estimate of drug-likeness (QED) is 0.677. The van der Waals surface area contributed by atoms with Crippen LogP contribution in [0.1, 0.15) is 11.1 Å². The molecule has 20 heavy (non-hydrogen) atoms. The first-order valence-electron chi connectivity index (χ1n) is 6.89. The first kappa shape index (κ1) is 15.2. The first-order valence-corrected chi connectivity index (χ1v) is 12.0. The number of hydrogen-bond donors (Lipinski definition) is 1. The molecule has 0 unspecified atom stereocenters. The number of fused-ring (bicyclic) bond motifs is 1. The number of carbonyl (C=O) groups is 1. The Bertz CT molecular complexity index is 503. The van der Waals surface area contributed by atoms with Crippen LogP contribution in [0.15, 0.2) is 12.1 Å². The average molecular weight is 338 g/mol. The fourth-order valence-electron chi connectivity index (χ4n) is 2.57. The van der Waals surface area contributed by atoms with Crippen LogP contribution in [-0.2, 0) is 17.6 Å². The van der Waals surface area contributed by atoms with E-state index in [2.05, 4.69) is 11.4 Å². The van der Waals surface area contributed by atoms with Gasteiger partial charge in [-0.1, -0.05) is 0 Å². The van der Waals surface area contributed by atoms with Crippen molar-refractivity contribution in [3.8, 4) is 5.75 Å². The second-order valence-corrected chi connectivity index (χ2v) is 10.7. The zero-order valence-electron chi connectivity index (χ0n) is 12.5. The van der Waals surface area contributed by atoms with E-state index in [4.69, 9.17) is 10.5 Å². The minimum atomic E-state index is -0.904. The van der Waals surface area contributed by atoms with Crippen LogP contribution in [0.3, 0.4) is 0 Å². The van der Waals surface area contributed by atoms with Gasteiger partial charge in [0.2, 0.25) is 0 Å². The first-order chi connectivity index (χ1) is 9.51. The molecule has 0 saturated carbocycles. The van der Waals surface area contributed by atoms with Crippen molar-refractivity contribution in [3.63, 3.8) is 0 Å². The SMILES string of the molecule is COc1cc2c(cc1N)CCN(C(=O)C[As](C)C)CC2. The van der Waals surface area contributed by atoms with E-state index in [0.29, 0.717) is 11.6 Å². The predicted octanol–water partition coefficient (Wildman–Crippen LogP) is 1.96. The molecule has 1 heterocycles. The molecule has 1 aliphatic rings. The van der Waals surface area contributed by atoms with Gasteiger partial charge in [0, 0.05) is 0 Å². The van der Waals surface area contributed by atoms with Gasteiger partial charge in [-0.2, -0.15) is 0 Å². The topological polar surface area (TPSA) is 55.6 Å². The summed E-state index contributed by atoms with van der Waals surface area (Å²) in [5.41, 5.74) is 13.6. The molecule has 1 aliphatic heterocycles. The normalized spacial score (nSPS) is 14.9. The van der Waals surface area contributed by atoms with Gasteiger partial charge >= 0.3 is 125 Å². The van der Waals surface area contributed by atoms with Crippen molar-refractivity contribution in [2.45, 2.75) is 29.5 Å². The van der Waals surface area contributed by atoms with Gasteiger partial charge in [-0.25, -0.2) is 0 Å². The van der Waals surface area contributed by atoms with Gasteiger partial charge in [-0.15, -0.1) is 0 Å². The minimum absolute atomic E-state index is 0.322. The third-order valence-corrected chi connectivity index (χ3v) is 5.55. The number of ether oxygens (including phenoxy) is 1. The molecule has 0 bridgehead atoms. The van der Waals surface area contributed by atoms with Gasteiger partial charge in [0.25, 0.3) is 0 Å². The summed E-state index contributed by atoms with van der Waals surface area (Å²) in [6.07, 6.45) is 1.77. The summed E-state index contributed by atoms with van der Waals surface area (Å²) in [5, 5.41) is 0.773. The summed E-state index contributed by atoms with van der Waals surface area (Å²) in [6.45, 7) is 1.61. The number of carbonyl (C=O) groups excluding carboxylic acids is 1. The fraction of sp³-hybridized carbons (Fsp3) is 0.533. The number of nitrogens with zero attached hydrogens (tertiary/aromatic N) is 1. The van der Waals surface area contributed by atoms with Crippen LogP contribution in [-0.4, -0.2) is 45.7 Å². The van der Waals surface area contributed by atoms with Gasteiger partial charge in [-0.3, -0.25) is 0 Å². The van der Waals surface area contributed by atoms with Gasteiger partial charge in [0.1, 0.15) is 0 Å². The van der Waals surface area contributed by atoms with E-state index in [9.17, 15) is 4.79 Å². The number of rotatable bonds is 3. The van der Waals surface area contributed by atoms with E-state index in [1.54, 1.807) is 7.11 Å². The Morgan fingerprint density at radius 3 is 2.45 bits per heavy atom. The zero-order chi connectivity index (χ0) is 14.7. The number of hydrogen-bond acceptors (Lipinski definition) is 3. The molecule has 0 spiro atoms. The number of anilines is 1. The molecule has 0 radical (unpaired) electrons. The molecule has 110 valence electrons. The number of benzene rings is 1. The predicted molar refractivity (Wildman–Crippen MR) is 83.7 cm³/mol. The molecular formula is C15H23AsN2O2. The Balaban J connectivity index is 2.12. The summed E-state index contributed by atoms with van der Waals surface area (Å²) < 4.78 is 5.28. The number of amides is 1. The van der Waals surface area contributed by atoms with Crippen LogP contribution in [0.2, 0.25) is 16.6 Å². The van der Waals surface area contributed by atoms with Gasteiger partial charge in [-0.05, 0) is 0 Å². The summed E-state index contributed by atoms with van der Waals surface area (Å²) in [4.78, 5) is 14.2. The average Bonchev–Trinajstić information content (AvgIpc) is 2.59. The number of methoxy groups -OCH3 is 1. The van der Waals surface area contributed by atoms with E-state index < -0.39 is 14.7 Å². The molecule has 0 saturated heterocycles. The monoisotopic (exact) mass is 338 g/mol. The Morgan fingerprint density at radius 2 is 1.90 bits per heavy atom. The number of nitrogens with two attached hydrogens (primary N) is 1. The van der Waals surface area contributed by atoms with Gasteiger partial charge in [0.15, 0.2) is 0 Å². The second kappa shape index (κ2) is 6.53. The molecule has 0 atom stereocenters. The Hall–Kier alpha value is -1.15. The second-order valence-electron chi connectivity index (χ2n) is 5.48. The maximum absolute atomic E-state index is 12.2. The van der Waals surface area contributed by atoms with Crippen molar-refractivity contribution in [3.05, 3.63) is 23.3 Å². The van der Waals surface area contributed by atoms with Crippen LogP contribution in [0, 0.1) is 0 Å². The van der Waals surface area contributed by atoms with Crippen molar-refractivity contribution in [1.82, 2.24) is 4.90 Å². The molecule has 4 nitrogen and oxygen atoms in total. The van der Waals surface area contributed by atoms with Crippen molar-refractivity contribution < 1.29 is 9.53 Å². The van der Waals surface area contributed by atoms with Crippen LogP contribution in [0.25, 0.3) is 0 Å². The molecule has 2 rings (SSSR count). The molecule has 0 aromatic heterocycles. The molecule has 1 amide bonds. The Labute approximate surface area is 125 Å². The van der Waals surface area contributed by atoms with Crippen molar-refractivity contribution >= 4 is 26.2 Å². The Morgan fingerprint density at radius 1 is 1.30 bits per heavy atom. The van der Waals surface area contributed by atoms with Gasteiger partial charge < -0.3 is 0 Å². The van der Waals surface area contributed by atoms with Crippen LogP contribution in [0.4, 0.5) is 5.69 Å². The van der Waals surface area contributed by atoms with Gasteiger partial charge in [0.05, 0.1) is 0 Å². The van der Waals surface area contributed by atoms with E-state index >= 15 is 0 Å². The Kier molecular flexibility index (Phi) is 4.98. The zero-order valence-corrected chi connectivity index (χ0v) is 14.4. The summed E-state index contributed by atoms with van der Waals surface area (Å²) >= 11 is -0.904. The van der Waals surface area contributed by atoms with Crippen LogP contribution >= 0.6 is 0 Å². The van der Waals surface area contributed by atoms with E-state index in [1.165, 1.54) is 11.1 Å². The van der Waals surface area contributed by atoms with Crippen molar-refractivity contribution in [2.24, 2.45) is 0 Å². The molecular weight excluding hydrogens is 315 g/mol. The van der Waals surface area contributed by atoms with E-state index in [1.807, 2.05) is 17.0 Å². The fourth-order valence-corrected chi connectivity index (χ4v) is 4.13. The van der Waals surface area contributed by atoms with Crippen molar-refractivity contribution in [1.29, 1.82) is 0 Å². The molecule has 5 heteroatoms. The molecule has 1 aromatic rings. The number of nitrogen functional groups attached to an aromatic ring is 1. The van der Waals surface area contributed by atoms with E-state index in [-0.39, 0.29) is 0 Å².